The molecule has 0 saturated heterocycles. The number of carbonyl (C=O) groups excluding carboxylic acids is 1. The van der Waals surface area contributed by atoms with Gasteiger partial charge < -0.3 is 0 Å². The fourth-order valence-electron chi connectivity index (χ4n) is 1.33. The number of hydrogen-bond donors (Lipinski definition) is 0. The molecule has 6 nitrogen and oxygen atoms in total. The van der Waals surface area contributed by atoms with Gasteiger partial charge in [-0.2, -0.15) is 4.91 Å². The number of nitro groups is 1. The maximum absolute atomic E-state index is 11.1. The lowest BCUT2D eigenvalue weighted by Crippen LogP contribution is -2.40. The molecule has 2 unspecified atom stereocenters. The fraction of sp³-hybridized carbons (Fsp3) is 0.833. The van der Waals surface area contributed by atoms with Crippen LogP contribution in [-0.4, -0.2) is 22.8 Å². The average molecular weight is 172 g/mol. The first-order chi connectivity index (χ1) is 5.66. The van der Waals surface area contributed by atoms with Crippen molar-refractivity contribution < 1.29 is 9.72 Å². The minimum atomic E-state index is -1.21. The highest BCUT2D eigenvalue weighted by atomic mass is 16.6. The van der Waals surface area contributed by atoms with Crippen molar-refractivity contribution in [2.45, 2.75) is 31.3 Å². The summed E-state index contributed by atoms with van der Waals surface area (Å²) < 4.78 is 0. The molecule has 0 aromatic carbocycles. The molecular weight excluding hydrogens is 164 g/mol. The van der Waals surface area contributed by atoms with E-state index in [1.165, 1.54) is 0 Å². The smallest absolute Gasteiger partial charge is 0.272 e. The number of nitroso groups, excluding NO2 is 1. The predicted molar refractivity (Wildman–Crippen MR) is 39.2 cm³/mol. The van der Waals surface area contributed by atoms with E-state index in [1.807, 2.05) is 0 Å². The van der Waals surface area contributed by atoms with E-state index < -0.39 is 22.8 Å². The molecule has 0 aromatic heterocycles. The molecule has 0 heterocycles. The summed E-state index contributed by atoms with van der Waals surface area (Å²) in [5.74, 6) is -0.638. The van der Waals surface area contributed by atoms with E-state index in [0.717, 1.165) is 0 Å². The van der Waals surface area contributed by atoms with Gasteiger partial charge >= 0.3 is 0 Å². The first-order valence-electron chi connectivity index (χ1n) is 3.66. The number of ketones is 1. The number of hydrogen-bond acceptors (Lipinski definition) is 5. The third-order valence-electron chi connectivity index (χ3n) is 1.99. The predicted octanol–water partition coefficient (Wildman–Crippen LogP) is 0.520. The van der Waals surface area contributed by atoms with Gasteiger partial charge in [-0.25, -0.2) is 0 Å². The van der Waals surface area contributed by atoms with Crippen LogP contribution in [0.25, 0.3) is 0 Å². The summed E-state index contributed by atoms with van der Waals surface area (Å²) in [6.45, 7) is 0. The highest BCUT2D eigenvalue weighted by Gasteiger charge is 2.39. The van der Waals surface area contributed by atoms with E-state index in [0.29, 0.717) is 12.8 Å². The molecule has 1 rings (SSSR count). The van der Waals surface area contributed by atoms with Gasteiger partial charge in [0.2, 0.25) is 5.78 Å². The van der Waals surface area contributed by atoms with Gasteiger partial charge in [0.15, 0.2) is 6.04 Å². The van der Waals surface area contributed by atoms with Crippen LogP contribution in [-0.2, 0) is 4.79 Å². The quantitative estimate of drug-likeness (QED) is 0.345. The molecule has 0 spiro atoms. The summed E-state index contributed by atoms with van der Waals surface area (Å²) in [7, 11) is 0. The van der Waals surface area contributed by atoms with E-state index in [4.69, 9.17) is 0 Å². The topological polar surface area (TPSA) is 89.6 Å². The van der Waals surface area contributed by atoms with Gasteiger partial charge in [-0.05, 0) is 12.8 Å². The van der Waals surface area contributed by atoms with Crippen LogP contribution in [0.15, 0.2) is 5.18 Å². The zero-order valence-corrected chi connectivity index (χ0v) is 6.30. The summed E-state index contributed by atoms with van der Waals surface area (Å²) in [6, 6.07) is -2.20. The van der Waals surface area contributed by atoms with Gasteiger partial charge in [0.1, 0.15) is 0 Å². The zero-order chi connectivity index (χ0) is 9.14. The maximum Gasteiger partial charge on any atom is 0.272 e. The Morgan fingerprint density at radius 3 is 2.67 bits per heavy atom. The van der Waals surface area contributed by atoms with Crippen LogP contribution in [0.5, 0.6) is 0 Å². The van der Waals surface area contributed by atoms with E-state index in [-0.39, 0.29) is 6.42 Å². The molecule has 0 radical (unpaired) electrons. The second-order valence-electron chi connectivity index (χ2n) is 2.76. The third kappa shape index (κ3) is 1.46. The maximum atomic E-state index is 11.1. The molecule has 1 saturated carbocycles. The lowest BCUT2D eigenvalue weighted by atomic mass is 9.91. The Bertz CT molecular complexity index is 228. The molecule has 1 fully saturated rings. The van der Waals surface area contributed by atoms with Crippen LogP contribution in [0.2, 0.25) is 0 Å². The fourth-order valence-corrected chi connectivity index (χ4v) is 1.33. The van der Waals surface area contributed by atoms with Gasteiger partial charge in [0.05, 0.1) is 0 Å². The summed E-state index contributed by atoms with van der Waals surface area (Å²) in [5.41, 5.74) is 0. The monoisotopic (exact) mass is 172 g/mol. The Morgan fingerprint density at radius 1 is 1.50 bits per heavy atom. The SMILES string of the molecule is O=NC1CCCC([N+](=O)[O-])C1=O. The molecule has 66 valence electrons. The minimum Gasteiger partial charge on any atom is -0.289 e. The van der Waals surface area contributed by atoms with E-state index >= 15 is 0 Å². The molecule has 0 N–H and O–H groups in total. The van der Waals surface area contributed by atoms with Crippen LogP contribution >= 0.6 is 0 Å². The molecule has 0 aliphatic heterocycles. The lowest BCUT2D eigenvalue weighted by molar-refractivity contribution is -0.509. The Kier molecular flexibility index (Phi) is 2.47. The molecule has 6 heteroatoms. The van der Waals surface area contributed by atoms with E-state index in [2.05, 4.69) is 5.18 Å². The van der Waals surface area contributed by atoms with Crippen molar-refractivity contribution in [2.24, 2.45) is 5.18 Å². The molecular formula is C6H8N2O4. The number of carbonyl (C=O) groups is 1. The molecule has 1 aliphatic carbocycles. The summed E-state index contributed by atoms with van der Waals surface area (Å²) in [4.78, 5) is 30.7. The third-order valence-corrected chi connectivity index (χ3v) is 1.99. The largest absolute Gasteiger partial charge is 0.289 e. The van der Waals surface area contributed by atoms with Gasteiger partial charge in [-0.1, -0.05) is 5.18 Å². The lowest BCUT2D eigenvalue weighted by Gasteiger charge is -2.16. The van der Waals surface area contributed by atoms with Gasteiger partial charge in [-0.15, -0.1) is 0 Å². The number of rotatable bonds is 2. The second kappa shape index (κ2) is 3.38. The minimum absolute atomic E-state index is 0.234. The van der Waals surface area contributed by atoms with Crippen LogP contribution in [0.3, 0.4) is 0 Å². The van der Waals surface area contributed by atoms with Crippen molar-refractivity contribution in [3.63, 3.8) is 0 Å². The molecule has 1 aliphatic rings. The van der Waals surface area contributed by atoms with Gasteiger partial charge in [-0.3, -0.25) is 14.9 Å². The number of nitrogens with zero attached hydrogens (tertiary/aromatic N) is 2. The van der Waals surface area contributed by atoms with E-state index in [9.17, 15) is 19.8 Å². The summed E-state index contributed by atoms with van der Waals surface area (Å²) in [5, 5.41) is 12.8. The molecule has 0 bridgehead atoms. The standard InChI is InChI=1S/C6H8N2O4/c9-6-4(7-10)2-1-3-5(6)8(11)12/h4-5H,1-3H2. The average Bonchev–Trinajstić information content (AvgIpc) is 2.04. The zero-order valence-electron chi connectivity index (χ0n) is 6.30. The highest BCUT2D eigenvalue weighted by Crippen LogP contribution is 2.19. The number of Topliss-reactive ketones (excluding diaryl/α,β-unsaturated/α-hetero) is 1. The Morgan fingerprint density at radius 2 is 2.17 bits per heavy atom. The van der Waals surface area contributed by atoms with Crippen LogP contribution in [0.4, 0.5) is 0 Å². The molecule has 12 heavy (non-hydrogen) atoms. The van der Waals surface area contributed by atoms with Gasteiger partial charge in [0, 0.05) is 11.3 Å². The van der Waals surface area contributed by atoms with Crippen molar-refractivity contribution in [1.29, 1.82) is 0 Å². The van der Waals surface area contributed by atoms with Crippen molar-refractivity contribution >= 4 is 5.78 Å². The van der Waals surface area contributed by atoms with E-state index in [1.54, 1.807) is 0 Å². The summed E-state index contributed by atoms with van der Waals surface area (Å²) >= 11 is 0. The van der Waals surface area contributed by atoms with Crippen LogP contribution < -0.4 is 0 Å². The van der Waals surface area contributed by atoms with Crippen molar-refractivity contribution in [2.75, 3.05) is 0 Å². The first kappa shape index (κ1) is 8.76. The van der Waals surface area contributed by atoms with Crippen LogP contribution in [0.1, 0.15) is 19.3 Å². The Balaban J connectivity index is 2.72. The second-order valence-corrected chi connectivity index (χ2v) is 2.76. The Hall–Kier alpha value is -1.33. The van der Waals surface area contributed by atoms with Crippen molar-refractivity contribution in [3.05, 3.63) is 15.0 Å². The molecule has 0 aromatic rings. The van der Waals surface area contributed by atoms with Gasteiger partial charge in [0.25, 0.3) is 6.04 Å². The highest BCUT2D eigenvalue weighted by molar-refractivity contribution is 5.88. The summed E-state index contributed by atoms with van der Waals surface area (Å²) in [6.07, 6.45) is 1.11. The Labute approximate surface area is 68.1 Å². The normalized spacial score (nSPS) is 29.8. The molecule has 2 atom stereocenters. The van der Waals surface area contributed by atoms with Crippen LogP contribution in [0, 0.1) is 15.0 Å². The molecule has 0 amide bonds. The van der Waals surface area contributed by atoms with Crippen molar-refractivity contribution in [1.82, 2.24) is 0 Å². The first-order valence-corrected chi connectivity index (χ1v) is 3.66. The van der Waals surface area contributed by atoms with Crippen molar-refractivity contribution in [3.8, 4) is 0 Å².